The number of hydrogen-bond acceptors (Lipinski definition) is 2. The number of benzene rings is 1. The largest absolute Gasteiger partial charge is 0.370 e. The summed E-state index contributed by atoms with van der Waals surface area (Å²) >= 11 is 0. The van der Waals surface area contributed by atoms with Crippen molar-refractivity contribution in [3.8, 4) is 0 Å². The first-order chi connectivity index (χ1) is 10.9. The van der Waals surface area contributed by atoms with Crippen LogP contribution in [0.1, 0.15) is 37.6 Å². The summed E-state index contributed by atoms with van der Waals surface area (Å²) in [5.74, 6) is 0.707. The average Bonchev–Trinajstić information content (AvgIpc) is 2.50. The molecular weight excluding hydrogens is 280 g/mol. The van der Waals surface area contributed by atoms with Gasteiger partial charge in [-0.25, -0.2) is 0 Å². The van der Waals surface area contributed by atoms with Crippen LogP contribution in [0.15, 0.2) is 55.2 Å². The number of rotatable bonds is 4. The normalized spacial score (nSPS) is 15.3. The highest BCUT2D eigenvalue weighted by Crippen LogP contribution is 2.31. The van der Waals surface area contributed by atoms with Crippen molar-refractivity contribution in [1.29, 1.82) is 0 Å². The van der Waals surface area contributed by atoms with E-state index < -0.39 is 0 Å². The van der Waals surface area contributed by atoms with Crippen LogP contribution >= 0.6 is 0 Å². The Labute approximate surface area is 139 Å². The monoisotopic (exact) mass is 306 g/mol. The molecule has 0 spiro atoms. The van der Waals surface area contributed by atoms with Gasteiger partial charge >= 0.3 is 0 Å². The molecule has 0 amide bonds. The molecule has 0 aliphatic carbocycles. The Morgan fingerprint density at radius 3 is 2.48 bits per heavy atom. The smallest absolute Gasteiger partial charge is 0.0856 e. The van der Waals surface area contributed by atoms with Gasteiger partial charge < -0.3 is 4.90 Å². The van der Waals surface area contributed by atoms with Crippen molar-refractivity contribution in [2.24, 2.45) is 5.92 Å². The number of nitrogens with zero attached hydrogens (tertiary/aromatic N) is 2. The van der Waals surface area contributed by atoms with E-state index in [9.17, 15) is 0 Å². The molecule has 1 aromatic carbocycles. The summed E-state index contributed by atoms with van der Waals surface area (Å²) < 4.78 is 0. The Morgan fingerprint density at radius 2 is 1.83 bits per heavy atom. The maximum Gasteiger partial charge on any atom is 0.0856 e. The maximum atomic E-state index is 4.40. The number of pyridine rings is 1. The Bertz CT molecular complexity index is 676. The molecule has 0 radical (unpaired) electrons. The van der Waals surface area contributed by atoms with E-state index in [0.29, 0.717) is 5.92 Å². The summed E-state index contributed by atoms with van der Waals surface area (Å²) in [6.45, 7) is 13.2. The van der Waals surface area contributed by atoms with Crippen LogP contribution in [0.3, 0.4) is 0 Å². The Kier molecular flexibility index (Phi) is 4.25. The first kappa shape index (κ1) is 15.8. The van der Waals surface area contributed by atoms with E-state index in [0.717, 1.165) is 30.9 Å². The molecule has 2 aromatic rings. The van der Waals surface area contributed by atoms with Crippen molar-refractivity contribution >= 4 is 5.70 Å². The first-order valence-electron chi connectivity index (χ1n) is 8.39. The van der Waals surface area contributed by atoms with Crippen LogP contribution in [-0.4, -0.2) is 23.0 Å². The lowest BCUT2D eigenvalue weighted by atomic mass is 9.80. The molecule has 0 unspecified atom stereocenters. The number of aromatic nitrogens is 1. The van der Waals surface area contributed by atoms with Crippen LogP contribution < -0.4 is 0 Å². The second-order valence-electron chi connectivity index (χ2n) is 7.54. The van der Waals surface area contributed by atoms with Crippen molar-refractivity contribution in [2.45, 2.75) is 32.6 Å². The molecule has 1 aromatic heterocycles. The third-order valence-corrected chi connectivity index (χ3v) is 4.63. The van der Waals surface area contributed by atoms with Crippen molar-refractivity contribution in [3.05, 3.63) is 72.1 Å². The van der Waals surface area contributed by atoms with Gasteiger partial charge in [-0.15, -0.1) is 0 Å². The van der Waals surface area contributed by atoms with E-state index >= 15 is 0 Å². The molecule has 0 saturated carbocycles. The van der Waals surface area contributed by atoms with E-state index in [-0.39, 0.29) is 5.41 Å². The zero-order valence-corrected chi connectivity index (χ0v) is 14.4. The van der Waals surface area contributed by atoms with Crippen molar-refractivity contribution in [1.82, 2.24) is 9.88 Å². The minimum Gasteiger partial charge on any atom is -0.370 e. The topological polar surface area (TPSA) is 16.1 Å². The molecule has 2 heteroatoms. The van der Waals surface area contributed by atoms with Gasteiger partial charge in [-0.2, -0.15) is 0 Å². The fraction of sp³-hybridized carbons (Fsp3) is 0.381. The standard InChI is InChI=1S/C21H26N2/c1-16(20-11-7-8-12-22-20)23-14-17(15-23)13-18-9-5-6-10-19(18)21(2,3)4/h5-12,17H,1,13-15H2,2-4H3. The second kappa shape index (κ2) is 6.19. The fourth-order valence-electron chi connectivity index (χ4n) is 3.36. The van der Waals surface area contributed by atoms with Crippen LogP contribution in [0.4, 0.5) is 0 Å². The lowest BCUT2D eigenvalue weighted by Crippen LogP contribution is -2.46. The minimum atomic E-state index is 0.206. The van der Waals surface area contributed by atoms with Gasteiger partial charge in [0.05, 0.1) is 11.4 Å². The first-order valence-corrected chi connectivity index (χ1v) is 8.39. The Hall–Kier alpha value is -2.09. The summed E-state index contributed by atoms with van der Waals surface area (Å²) in [5.41, 5.74) is 5.21. The fourth-order valence-corrected chi connectivity index (χ4v) is 3.36. The van der Waals surface area contributed by atoms with Gasteiger partial charge in [-0.05, 0) is 41.0 Å². The minimum absolute atomic E-state index is 0.206. The van der Waals surface area contributed by atoms with Crippen molar-refractivity contribution < 1.29 is 0 Å². The molecule has 2 heterocycles. The molecule has 23 heavy (non-hydrogen) atoms. The zero-order chi connectivity index (χ0) is 16.4. The Morgan fingerprint density at radius 1 is 1.13 bits per heavy atom. The van der Waals surface area contributed by atoms with E-state index in [1.807, 2.05) is 24.4 Å². The summed E-state index contributed by atoms with van der Waals surface area (Å²) in [5, 5.41) is 0. The SMILES string of the molecule is C=C(c1ccccn1)N1CC(Cc2ccccc2C(C)(C)C)C1. The number of hydrogen-bond donors (Lipinski definition) is 0. The van der Waals surface area contributed by atoms with Crippen molar-refractivity contribution in [2.75, 3.05) is 13.1 Å². The molecular formula is C21H26N2. The van der Waals surface area contributed by atoms with Crippen LogP contribution in [0.2, 0.25) is 0 Å². The van der Waals surface area contributed by atoms with Crippen LogP contribution in [0.5, 0.6) is 0 Å². The summed E-state index contributed by atoms with van der Waals surface area (Å²) in [6, 6.07) is 14.9. The highest BCUT2D eigenvalue weighted by molar-refractivity contribution is 5.59. The highest BCUT2D eigenvalue weighted by atomic mass is 15.2. The van der Waals surface area contributed by atoms with Gasteiger partial charge in [0.2, 0.25) is 0 Å². The van der Waals surface area contributed by atoms with E-state index in [2.05, 4.69) is 61.5 Å². The number of likely N-dealkylation sites (tertiary alicyclic amines) is 1. The third kappa shape index (κ3) is 3.47. The second-order valence-corrected chi connectivity index (χ2v) is 7.54. The molecule has 120 valence electrons. The molecule has 0 N–H and O–H groups in total. The molecule has 0 bridgehead atoms. The quantitative estimate of drug-likeness (QED) is 0.825. The molecule has 1 aliphatic rings. The molecule has 1 saturated heterocycles. The molecule has 1 aliphatic heterocycles. The van der Waals surface area contributed by atoms with Gasteiger partial charge in [-0.3, -0.25) is 4.98 Å². The summed E-state index contributed by atoms with van der Waals surface area (Å²) in [4.78, 5) is 6.74. The summed E-state index contributed by atoms with van der Waals surface area (Å²) in [6.07, 6.45) is 2.98. The van der Waals surface area contributed by atoms with Gasteiger partial charge in [-0.1, -0.05) is 57.7 Å². The van der Waals surface area contributed by atoms with Gasteiger partial charge in [0.15, 0.2) is 0 Å². The average molecular weight is 306 g/mol. The van der Waals surface area contributed by atoms with E-state index in [1.165, 1.54) is 11.1 Å². The lowest BCUT2D eigenvalue weighted by molar-refractivity contribution is 0.173. The van der Waals surface area contributed by atoms with Crippen molar-refractivity contribution in [3.63, 3.8) is 0 Å². The zero-order valence-electron chi connectivity index (χ0n) is 14.4. The molecule has 1 fully saturated rings. The predicted octanol–water partition coefficient (Wildman–Crippen LogP) is 4.52. The van der Waals surface area contributed by atoms with Crippen LogP contribution in [0.25, 0.3) is 5.70 Å². The van der Waals surface area contributed by atoms with Crippen LogP contribution in [0, 0.1) is 5.92 Å². The third-order valence-electron chi connectivity index (χ3n) is 4.63. The molecule has 3 rings (SSSR count). The van der Waals surface area contributed by atoms with Gasteiger partial charge in [0.1, 0.15) is 0 Å². The predicted molar refractivity (Wildman–Crippen MR) is 97.2 cm³/mol. The Balaban J connectivity index is 1.62. The maximum absolute atomic E-state index is 4.40. The van der Waals surface area contributed by atoms with Gasteiger partial charge in [0.25, 0.3) is 0 Å². The highest BCUT2D eigenvalue weighted by Gasteiger charge is 2.30. The summed E-state index contributed by atoms with van der Waals surface area (Å²) in [7, 11) is 0. The molecule has 2 nitrogen and oxygen atoms in total. The van der Waals surface area contributed by atoms with Gasteiger partial charge in [0, 0.05) is 19.3 Å². The lowest BCUT2D eigenvalue weighted by Gasteiger charge is -2.42. The van der Waals surface area contributed by atoms with E-state index in [1.54, 1.807) is 0 Å². The van der Waals surface area contributed by atoms with E-state index in [4.69, 9.17) is 0 Å². The van der Waals surface area contributed by atoms with Crippen LogP contribution in [-0.2, 0) is 11.8 Å². The molecule has 0 atom stereocenters.